The predicted octanol–water partition coefficient (Wildman–Crippen LogP) is 2.11. The molecule has 0 bridgehead atoms. The van der Waals surface area contributed by atoms with Gasteiger partial charge < -0.3 is 14.9 Å². The molecule has 0 aliphatic carbocycles. The van der Waals surface area contributed by atoms with Crippen molar-refractivity contribution in [2.24, 2.45) is 5.41 Å². The number of piperidine rings is 2. The number of fused-ring (bicyclic) bond motifs is 1. The van der Waals surface area contributed by atoms with Crippen molar-refractivity contribution in [1.29, 1.82) is 0 Å². The summed E-state index contributed by atoms with van der Waals surface area (Å²) in [4.78, 5) is 31.3. The van der Waals surface area contributed by atoms with Gasteiger partial charge in [0.15, 0.2) is 0 Å². The van der Waals surface area contributed by atoms with Crippen molar-refractivity contribution >= 4 is 11.9 Å². The maximum absolute atomic E-state index is 12.7. The molecule has 3 rings (SSSR count). The lowest BCUT2D eigenvalue weighted by Gasteiger charge is -2.51. The Bertz CT molecular complexity index is 707. The van der Waals surface area contributed by atoms with Crippen molar-refractivity contribution in [2.45, 2.75) is 31.5 Å². The number of alkyl halides is 3. The summed E-state index contributed by atoms with van der Waals surface area (Å²) >= 11 is 0. The molecular formula is C17H20F3N3O3. The van der Waals surface area contributed by atoms with Gasteiger partial charge in [0.25, 0.3) is 5.91 Å². The summed E-state index contributed by atoms with van der Waals surface area (Å²) in [6.45, 7) is 1.25. The second-order valence-electron chi connectivity index (χ2n) is 6.99. The molecule has 9 heteroatoms. The molecule has 6 nitrogen and oxygen atoms in total. The monoisotopic (exact) mass is 371 g/mol. The average molecular weight is 371 g/mol. The van der Waals surface area contributed by atoms with E-state index in [0.29, 0.717) is 12.8 Å². The zero-order valence-corrected chi connectivity index (χ0v) is 14.3. The highest BCUT2D eigenvalue weighted by molar-refractivity contribution is 5.94. The van der Waals surface area contributed by atoms with Gasteiger partial charge in [-0.15, -0.1) is 0 Å². The largest absolute Gasteiger partial charge is 0.481 e. The molecule has 0 saturated carbocycles. The van der Waals surface area contributed by atoms with Crippen LogP contribution in [0.3, 0.4) is 0 Å². The number of hydrogen-bond acceptors (Lipinski definition) is 4. The fourth-order valence-electron chi connectivity index (χ4n) is 4.04. The minimum absolute atomic E-state index is 0.0688. The quantitative estimate of drug-likeness (QED) is 0.862. The average Bonchev–Trinajstić information content (AvgIpc) is 2.60. The van der Waals surface area contributed by atoms with Gasteiger partial charge in [0.1, 0.15) is 5.69 Å². The normalized spacial score (nSPS) is 27.1. The number of rotatable bonds is 2. The van der Waals surface area contributed by atoms with Crippen LogP contribution in [0, 0.1) is 5.41 Å². The number of carboxylic acids is 1. The highest BCUT2D eigenvalue weighted by atomic mass is 19.4. The predicted molar refractivity (Wildman–Crippen MR) is 85.5 cm³/mol. The molecule has 0 unspecified atom stereocenters. The van der Waals surface area contributed by atoms with Crippen LogP contribution >= 0.6 is 0 Å². The summed E-state index contributed by atoms with van der Waals surface area (Å²) < 4.78 is 37.8. The van der Waals surface area contributed by atoms with Gasteiger partial charge in [-0.1, -0.05) is 0 Å². The van der Waals surface area contributed by atoms with Gasteiger partial charge in [-0.2, -0.15) is 13.2 Å². The topological polar surface area (TPSA) is 73.7 Å². The van der Waals surface area contributed by atoms with Gasteiger partial charge in [-0.05, 0) is 45.0 Å². The SMILES string of the molecule is CN1CCC[C@]2(C(=O)O)CCN(C(=O)c3ccc(C(F)(F)F)nc3)C[C@@H]12. The van der Waals surface area contributed by atoms with Gasteiger partial charge in [-0.25, -0.2) is 0 Å². The molecule has 3 heterocycles. The van der Waals surface area contributed by atoms with Crippen LogP contribution in [0.4, 0.5) is 13.2 Å². The molecule has 2 aliphatic rings. The Hall–Kier alpha value is -2.16. The lowest BCUT2D eigenvalue weighted by molar-refractivity contribution is -0.161. The van der Waals surface area contributed by atoms with Gasteiger partial charge >= 0.3 is 12.1 Å². The molecule has 2 saturated heterocycles. The Morgan fingerprint density at radius 1 is 1.27 bits per heavy atom. The van der Waals surface area contributed by atoms with E-state index in [4.69, 9.17) is 0 Å². The van der Waals surface area contributed by atoms with Crippen molar-refractivity contribution in [2.75, 3.05) is 26.7 Å². The maximum Gasteiger partial charge on any atom is 0.433 e. The number of aliphatic carboxylic acids is 1. The van der Waals surface area contributed by atoms with Gasteiger partial charge in [0, 0.05) is 25.3 Å². The van der Waals surface area contributed by atoms with E-state index in [2.05, 4.69) is 4.98 Å². The van der Waals surface area contributed by atoms with Crippen LogP contribution in [0.5, 0.6) is 0 Å². The van der Waals surface area contributed by atoms with Crippen molar-refractivity contribution in [3.8, 4) is 0 Å². The number of carboxylic acid groups (broad SMARTS) is 1. The van der Waals surface area contributed by atoms with Crippen LogP contribution in [-0.2, 0) is 11.0 Å². The van der Waals surface area contributed by atoms with Gasteiger partial charge in [-0.3, -0.25) is 14.6 Å². The number of likely N-dealkylation sites (N-methyl/N-ethyl adjacent to an activating group) is 1. The summed E-state index contributed by atoms with van der Waals surface area (Å²) in [6.07, 6.45) is -1.94. The van der Waals surface area contributed by atoms with Crippen molar-refractivity contribution in [3.63, 3.8) is 0 Å². The highest BCUT2D eigenvalue weighted by Gasteiger charge is 2.52. The number of nitrogens with zero attached hydrogens (tertiary/aromatic N) is 3. The van der Waals surface area contributed by atoms with Crippen LogP contribution in [0.25, 0.3) is 0 Å². The molecule has 1 aromatic heterocycles. The fraction of sp³-hybridized carbons (Fsp3) is 0.588. The zero-order chi connectivity index (χ0) is 19.1. The van der Waals surface area contributed by atoms with Crippen molar-refractivity contribution in [1.82, 2.24) is 14.8 Å². The van der Waals surface area contributed by atoms with E-state index in [1.54, 1.807) is 0 Å². The molecule has 142 valence electrons. The standard InChI is InChI=1S/C17H20F3N3O3/c1-22-7-2-5-16(15(25)26)6-8-23(10-13(16)22)14(24)11-3-4-12(21-9-11)17(18,19)20/h3-4,9,13H,2,5-8,10H2,1H3,(H,25,26)/t13-,16+/m1/s1. The molecule has 1 N–H and O–H groups in total. The first-order valence-electron chi connectivity index (χ1n) is 8.41. The summed E-state index contributed by atoms with van der Waals surface area (Å²) in [5, 5.41) is 9.74. The second-order valence-corrected chi connectivity index (χ2v) is 6.99. The number of amides is 1. The molecule has 0 aromatic carbocycles. The molecule has 2 atom stereocenters. The van der Waals surface area contributed by atoms with Crippen LogP contribution < -0.4 is 0 Å². The van der Waals surface area contributed by atoms with E-state index < -0.39 is 29.2 Å². The number of aromatic nitrogens is 1. The zero-order valence-electron chi connectivity index (χ0n) is 14.3. The van der Waals surface area contributed by atoms with Crippen molar-refractivity contribution in [3.05, 3.63) is 29.6 Å². The van der Waals surface area contributed by atoms with E-state index in [1.165, 1.54) is 4.90 Å². The lowest BCUT2D eigenvalue weighted by Crippen LogP contribution is -2.63. The molecule has 1 amide bonds. The van der Waals surface area contributed by atoms with E-state index >= 15 is 0 Å². The maximum atomic E-state index is 12.7. The third-order valence-corrected chi connectivity index (χ3v) is 5.54. The number of carbonyl (C=O) groups is 2. The Labute approximate surface area is 148 Å². The lowest BCUT2D eigenvalue weighted by atomic mass is 9.68. The molecule has 0 radical (unpaired) electrons. The Kier molecular flexibility index (Phi) is 4.68. The number of pyridine rings is 1. The number of likely N-dealkylation sites (tertiary alicyclic amines) is 2. The highest BCUT2D eigenvalue weighted by Crippen LogP contribution is 2.42. The van der Waals surface area contributed by atoms with Gasteiger partial charge in [0.2, 0.25) is 0 Å². The molecule has 2 fully saturated rings. The minimum atomic E-state index is -4.56. The molecule has 1 aromatic rings. The molecular weight excluding hydrogens is 351 g/mol. The first-order chi connectivity index (χ1) is 12.1. The van der Waals surface area contributed by atoms with Crippen molar-refractivity contribution < 1.29 is 27.9 Å². The van der Waals surface area contributed by atoms with E-state index in [9.17, 15) is 27.9 Å². The van der Waals surface area contributed by atoms with Gasteiger partial charge in [0.05, 0.1) is 11.0 Å². The second kappa shape index (κ2) is 6.53. The van der Waals surface area contributed by atoms with E-state index in [-0.39, 0.29) is 24.7 Å². The fourth-order valence-corrected chi connectivity index (χ4v) is 4.04. The van der Waals surface area contributed by atoms with Crippen LogP contribution in [0.2, 0.25) is 0 Å². The van der Waals surface area contributed by atoms with E-state index in [1.807, 2.05) is 11.9 Å². The molecule has 2 aliphatic heterocycles. The Morgan fingerprint density at radius 3 is 2.58 bits per heavy atom. The third kappa shape index (κ3) is 3.15. The number of hydrogen-bond donors (Lipinski definition) is 1. The first-order valence-corrected chi connectivity index (χ1v) is 8.41. The van der Waals surface area contributed by atoms with Crippen LogP contribution in [0.15, 0.2) is 18.3 Å². The summed E-state index contributed by atoms with van der Waals surface area (Å²) in [5.74, 6) is -1.28. The molecule has 26 heavy (non-hydrogen) atoms. The number of carbonyl (C=O) groups excluding carboxylic acids is 1. The minimum Gasteiger partial charge on any atom is -0.481 e. The third-order valence-electron chi connectivity index (χ3n) is 5.54. The summed E-state index contributed by atoms with van der Waals surface area (Å²) in [7, 11) is 1.84. The number of halogens is 3. The Morgan fingerprint density at radius 2 is 2.00 bits per heavy atom. The van der Waals surface area contributed by atoms with E-state index in [0.717, 1.165) is 31.3 Å². The summed E-state index contributed by atoms with van der Waals surface area (Å²) in [5.41, 5.74) is -1.86. The first kappa shape index (κ1) is 18.6. The smallest absolute Gasteiger partial charge is 0.433 e. The molecule has 0 spiro atoms. The van der Waals surface area contributed by atoms with Crippen LogP contribution in [0.1, 0.15) is 35.3 Å². The summed E-state index contributed by atoms with van der Waals surface area (Å²) in [6, 6.07) is 1.58. The Balaban J connectivity index is 1.79. The van der Waals surface area contributed by atoms with Crippen LogP contribution in [-0.4, -0.2) is 64.5 Å².